The smallest absolute Gasteiger partial charge is 0.252 e. The van der Waals surface area contributed by atoms with Crippen molar-refractivity contribution >= 4 is 17.8 Å². The SMILES string of the molecule is NC(=O)c1cnc(N2CCOCC2)nc1-c1cnc(N)nc1. The molecule has 1 aliphatic heterocycles. The quantitative estimate of drug-likeness (QED) is 0.771. The zero-order chi connectivity index (χ0) is 15.5. The fraction of sp³-hybridized carbons (Fsp3) is 0.308. The van der Waals surface area contributed by atoms with E-state index in [1.807, 2.05) is 4.90 Å². The minimum absolute atomic E-state index is 0.145. The third-order valence-electron chi connectivity index (χ3n) is 3.28. The summed E-state index contributed by atoms with van der Waals surface area (Å²) in [4.78, 5) is 30.1. The van der Waals surface area contributed by atoms with Gasteiger partial charge in [0.15, 0.2) is 0 Å². The summed E-state index contributed by atoms with van der Waals surface area (Å²) in [6.45, 7) is 2.60. The molecule has 0 spiro atoms. The Bertz CT molecular complexity index is 683. The predicted molar refractivity (Wildman–Crippen MR) is 79.0 cm³/mol. The lowest BCUT2D eigenvalue weighted by Crippen LogP contribution is -2.37. The van der Waals surface area contributed by atoms with Gasteiger partial charge in [-0.2, -0.15) is 0 Å². The second-order valence-corrected chi connectivity index (χ2v) is 4.73. The number of carbonyl (C=O) groups is 1. The topological polar surface area (TPSA) is 133 Å². The van der Waals surface area contributed by atoms with Gasteiger partial charge < -0.3 is 21.1 Å². The molecule has 0 bridgehead atoms. The summed E-state index contributed by atoms with van der Waals surface area (Å²) in [5.74, 6) is 0.0484. The maximum absolute atomic E-state index is 11.6. The Hall–Kier alpha value is -2.81. The molecule has 0 radical (unpaired) electrons. The molecule has 2 aromatic rings. The summed E-state index contributed by atoms with van der Waals surface area (Å²) >= 11 is 0. The molecule has 0 atom stereocenters. The predicted octanol–water partition coefficient (Wildman–Crippen LogP) is -0.549. The van der Waals surface area contributed by atoms with Crippen LogP contribution in [-0.4, -0.2) is 52.1 Å². The first kappa shape index (κ1) is 14.1. The fourth-order valence-electron chi connectivity index (χ4n) is 2.15. The molecule has 1 aliphatic rings. The van der Waals surface area contributed by atoms with Gasteiger partial charge in [0, 0.05) is 37.2 Å². The van der Waals surface area contributed by atoms with E-state index in [-0.39, 0.29) is 11.5 Å². The second kappa shape index (κ2) is 5.90. The van der Waals surface area contributed by atoms with Crippen molar-refractivity contribution in [2.75, 3.05) is 36.9 Å². The van der Waals surface area contributed by atoms with E-state index in [0.29, 0.717) is 43.5 Å². The van der Waals surface area contributed by atoms with E-state index < -0.39 is 5.91 Å². The summed E-state index contributed by atoms with van der Waals surface area (Å²) < 4.78 is 5.31. The second-order valence-electron chi connectivity index (χ2n) is 4.73. The number of primary amides is 1. The highest BCUT2D eigenvalue weighted by Crippen LogP contribution is 2.22. The van der Waals surface area contributed by atoms with Gasteiger partial charge in [0.25, 0.3) is 5.91 Å². The monoisotopic (exact) mass is 301 g/mol. The highest BCUT2D eigenvalue weighted by atomic mass is 16.5. The van der Waals surface area contributed by atoms with Crippen LogP contribution in [0.15, 0.2) is 18.6 Å². The van der Waals surface area contributed by atoms with Gasteiger partial charge in [-0.25, -0.2) is 19.9 Å². The summed E-state index contributed by atoms with van der Waals surface area (Å²) in [7, 11) is 0. The molecule has 1 saturated heterocycles. The summed E-state index contributed by atoms with van der Waals surface area (Å²) in [5, 5.41) is 0. The highest BCUT2D eigenvalue weighted by molar-refractivity contribution is 5.98. The van der Waals surface area contributed by atoms with Gasteiger partial charge in [-0.1, -0.05) is 0 Å². The molecular weight excluding hydrogens is 286 g/mol. The first-order valence-corrected chi connectivity index (χ1v) is 6.72. The van der Waals surface area contributed by atoms with E-state index in [2.05, 4.69) is 19.9 Å². The number of hydrogen-bond acceptors (Lipinski definition) is 8. The summed E-state index contributed by atoms with van der Waals surface area (Å²) in [6, 6.07) is 0. The zero-order valence-corrected chi connectivity index (χ0v) is 11.8. The van der Waals surface area contributed by atoms with Gasteiger partial charge in [0.05, 0.1) is 24.5 Å². The van der Waals surface area contributed by atoms with Gasteiger partial charge in [-0.05, 0) is 0 Å². The average molecular weight is 301 g/mol. The molecule has 1 fully saturated rings. The van der Waals surface area contributed by atoms with E-state index in [1.165, 1.54) is 18.6 Å². The van der Waals surface area contributed by atoms with Crippen LogP contribution in [0.3, 0.4) is 0 Å². The zero-order valence-electron chi connectivity index (χ0n) is 11.8. The van der Waals surface area contributed by atoms with Crippen molar-refractivity contribution in [2.45, 2.75) is 0 Å². The van der Waals surface area contributed by atoms with E-state index in [1.54, 1.807) is 0 Å². The third kappa shape index (κ3) is 2.79. The minimum Gasteiger partial charge on any atom is -0.378 e. The van der Waals surface area contributed by atoms with E-state index >= 15 is 0 Å². The van der Waals surface area contributed by atoms with Crippen LogP contribution in [-0.2, 0) is 4.74 Å². The van der Waals surface area contributed by atoms with Crippen molar-refractivity contribution in [3.8, 4) is 11.3 Å². The molecule has 9 nitrogen and oxygen atoms in total. The number of nitrogens with two attached hydrogens (primary N) is 2. The van der Waals surface area contributed by atoms with Gasteiger partial charge in [-0.3, -0.25) is 4.79 Å². The molecular formula is C13H15N7O2. The number of hydrogen-bond donors (Lipinski definition) is 2. The number of ether oxygens (including phenoxy) is 1. The van der Waals surface area contributed by atoms with Crippen LogP contribution in [0.2, 0.25) is 0 Å². The maximum atomic E-state index is 11.6. The molecule has 0 saturated carbocycles. The molecule has 1 amide bonds. The van der Waals surface area contributed by atoms with Crippen LogP contribution in [0.5, 0.6) is 0 Å². The number of amides is 1. The summed E-state index contributed by atoms with van der Waals surface area (Å²) in [6.07, 6.45) is 4.42. The van der Waals surface area contributed by atoms with Gasteiger partial charge in [0.1, 0.15) is 0 Å². The molecule has 22 heavy (non-hydrogen) atoms. The Kier molecular flexibility index (Phi) is 3.79. The number of morpholine rings is 1. The highest BCUT2D eigenvalue weighted by Gasteiger charge is 2.19. The van der Waals surface area contributed by atoms with E-state index in [0.717, 1.165) is 0 Å². The van der Waals surface area contributed by atoms with Crippen LogP contribution in [0, 0.1) is 0 Å². The van der Waals surface area contributed by atoms with E-state index in [4.69, 9.17) is 16.2 Å². The molecule has 3 heterocycles. The molecule has 0 unspecified atom stereocenters. The lowest BCUT2D eigenvalue weighted by atomic mass is 10.1. The van der Waals surface area contributed by atoms with Crippen molar-refractivity contribution in [1.29, 1.82) is 0 Å². The van der Waals surface area contributed by atoms with Crippen LogP contribution in [0.25, 0.3) is 11.3 Å². The van der Waals surface area contributed by atoms with Crippen LogP contribution < -0.4 is 16.4 Å². The lowest BCUT2D eigenvalue weighted by molar-refractivity contribution is 0.1000. The Morgan fingerprint density at radius 1 is 1.14 bits per heavy atom. The largest absolute Gasteiger partial charge is 0.378 e. The van der Waals surface area contributed by atoms with Gasteiger partial charge in [-0.15, -0.1) is 0 Å². The Balaban J connectivity index is 2.04. The molecule has 9 heteroatoms. The van der Waals surface area contributed by atoms with Crippen LogP contribution in [0.4, 0.5) is 11.9 Å². The molecule has 3 rings (SSSR count). The number of nitrogen functional groups attached to an aromatic ring is 1. The molecule has 114 valence electrons. The normalized spacial score (nSPS) is 14.8. The number of anilines is 2. The van der Waals surface area contributed by atoms with Crippen molar-refractivity contribution in [3.05, 3.63) is 24.2 Å². The van der Waals surface area contributed by atoms with Crippen LogP contribution >= 0.6 is 0 Å². The maximum Gasteiger partial charge on any atom is 0.252 e. The number of aromatic nitrogens is 4. The van der Waals surface area contributed by atoms with E-state index in [9.17, 15) is 4.79 Å². The van der Waals surface area contributed by atoms with Gasteiger partial charge >= 0.3 is 0 Å². The molecule has 4 N–H and O–H groups in total. The first-order chi connectivity index (χ1) is 10.6. The Morgan fingerprint density at radius 3 is 2.45 bits per heavy atom. The third-order valence-corrected chi connectivity index (χ3v) is 3.28. The molecule has 2 aromatic heterocycles. The number of carbonyl (C=O) groups excluding carboxylic acids is 1. The fourth-order valence-corrected chi connectivity index (χ4v) is 2.15. The van der Waals surface area contributed by atoms with Crippen molar-refractivity contribution in [1.82, 2.24) is 19.9 Å². The number of rotatable bonds is 3. The first-order valence-electron chi connectivity index (χ1n) is 6.72. The average Bonchev–Trinajstić information content (AvgIpc) is 2.56. The summed E-state index contributed by atoms with van der Waals surface area (Å²) in [5.41, 5.74) is 12.0. The van der Waals surface area contributed by atoms with Crippen molar-refractivity contribution in [3.63, 3.8) is 0 Å². The lowest BCUT2D eigenvalue weighted by Gasteiger charge is -2.27. The van der Waals surface area contributed by atoms with Crippen LogP contribution in [0.1, 0.15) is 10.4 Å². The number of nitrogens with zero attached hydrogens (tertiary/aromatic N) is 5. The minimum atomic E-state index is -0.611. The molecule has 0 aliphatic carbocycles. The molecule has 0 aromatic carbocycles. The van der Waals surface area contributed by atoms with Crippen molar-refractivity contribution in [2.24, 2.45) is 5.73 Å². The van der Waals surface area contributed by atoms with Crippen molar-refractivity contribution < 1.29 is 9.53 Å². The standard InChI is InChI=1S/C13H15N7O2/c14-11(21)9-7-18-13(20-1-3-22-4-2-20)19-10(9)8-5-16-12(15)17-6-8/h5-7H,1-4H2,(H2,14,21)(H2,15,16,17). The Labute approximate surface area is 126 Å². The van der Waals surface area contributed by atoms with Gasteiger partial charge in [0.2, 0.25) is 11.9 Å². The Morgan fingerprint density at radius 2 is 1.82 bits per heavy atom.